The molecule has 0 spiro atoms. The molecule has 34 heavy (non-hydrogen) atoms. The molecule has 5 aromatic rings. The Kier molecular flexibility index (Phi) is 4.89. The zero-order valence-corrected chi connectivity index (χ0v) is 19.8. The van der Waals surface area contributed by atoms with Gasteiger partial charge in [0.25, 0.3) is 11.5 Å². The van der Waals surface area contributed by atoms with Crippen molar-refractivity contribution in [3.63, 3.8) is 0 Å². The molecule has 0 radical (unpaired) electrons. The zero-order chi connectivity index (χ0) is 23.4. The van der Waals surface area contributed by atoms with Crippen LogP contribution in [0.4, 0.5) is 10.1 Å². The van der Waals surface area contributed by atoms with E-state index < -0.39 is 5.56 Å². The maximum absolute atomic E-state index is 14.4. The Labute approximate surface area is 204 Å². The van der Waals surface area contributed by atoms with Gasteiger partial charge in [-0.3, -0.25) is 9.59 Å². The van der Waals surface area contributed by atoms with Crippen LogP contribution in [0.25, 0.3) is 21.9 Å². The van der Waals surface area contributed by atoms with Gasteiger partial charge in [-0.05, 0) is 24.3 Å². The maximum atomic E-state index is 14.4. The normalized spacial score (nSPS) is 14.8. The number of amides is 1. The number of hydrogen-bond donors (Lipinski definition) is 0. The molecule has 0 unspecified atom stereocenters. The van der Waals surface area contributed by atoms with Crippen LogP contribution in [0.3, 0.4) is 0 Å². The Bertz CT molecular complexity index is 1710. The Morgan fingerprint density at radius 3 is 2.50 bits per heavy atom. The summed E-state index contributed by atoms with van der Waals surface area (Å²) in [7, 11) is 0. The second-order valence-corrected chi connectivity index (χ2v) is 9.64. The summed E-state index contributed by atoms with van der Waals surface area (Å²) in [5.41, 5.74) is 2.29. The summed E-state index contributed by atoms with van der Waals surface area (Å²) in [6.45, 7) is 0.0523. The van der Waals surface area contributed by atoms with Crippen molar-refractivity contribution >= 4 is 49.4 Å². The lowest BCUT2D eigenvalue weighted by atomic mass is 10.1. The second kappa shape index (κ2) is 7.96. The van der Waals surface area contributed by atoms with Gasteiger partial charge in [0.15, 0.2) is 5.82 Å². The monoisotopic (exact) mass is 532 g/mol. The SMILES string of the molecule is O=C1C(=c2sc3nc(-c4ccccc4)nn3c2=O)c2cc(Br)ccc2N1Cc1ccccc1F. The number of hydrogen-bond acceptors (Lipinski definition) is 5. The van der Waals surface area contributed by atoms with E-state index in [0.29, 0.717) is 27.6 Å². The van der Waals surface area contributed by atoms with Gasteiger partial charge in [-0.1, -0.05) is 75.8 Å². The van der Waals surface area contributed by atoms with Crippen LogP contribution in [-0.4, -0.2) is 20.5 Å². The molecule has 0 N–H and O–H groups in total. The molecule has 1 aliphatic heterocycles. The lowest BCUT2D eigenvalue weighted by Crippen LogP contribution is -2.32. The van der Waals surface area contributed by atoms with Crippen molar-refractivity contribution in [1.82, 2.24) is 14.6 Å². The summed E-state index contributed by atoms with van der Waals surface area (Å²) < 4.78 is 16.6. The van der Waals surface area contributed by atoms with Crippen LogP contribution in [0, 0.1) is 5.82 Å². The number of nitrogens with zero attached hydrogens (tertiary/aromatic N) is 4. The molecule has 0 saturated heterocycles. The largest absolute Gasteiger partial charge is 0.303 e. The van der Waals surface area contributed by atoms with Crippen LogP contribution < -0.4 is 15.0 Å². The number of halogens is 2. The van der Waals surface area contributed by atoms with Crippen LogP contribution in [0.15, 0.2) is 82.1 Å². The van der Waals surface area contributed by atoms with Crippen molar-refractivity contribution in [2.75, 3.05) is 4.90 Å². The van der Waals surface area contributed by atoms with Crippen molar-refractivity contribution in [1.29, 1.82) is 0 Å². The number of carbonyl (C=O) groups excluding carboxylic acids is 1. The van der Waals surface area contributed by atoms with Crippen LogP contribution in [0.2, 0.25) is 0 Å². The molecule has 0 fully saturated rings. The Morgan fingerprint density at radius 2 is 1.74 bits per heavy atom. The lowest BCUT2D eigenvalue weighted by Gasteiger charge is -2.17. The molecule has 3 aromatic carbocycles. The minimum Gasteiger partial charge on any atom is -0.303 e. The average Bonchev–Trinajstić information content (AvgIpc) is 3.47. The van der Waals surface area contributed by atoms with E-state index in [9.17, 15) is 14.0 Å². The number of thiazole rings is 1. The molecular weight excluding hydrogens is 519 g/mol. The molecule has 1 amide bonds. The van der Waals surface area contributed by atoms with Gasteiger partial charge in [-0.15, -0.1) is 5.10 Å². The highest BCUT2D eigenvalue weighted by Gasteiger charge is 2.35. The number of anilines is 1. The highest BCUT2D eigenvalue weighted by Crippen LogP contribution is 2.38. The number of benzene rings is 3. The Balaban J connectivity index is 1.53. The highest BCUT2D eigenvalue weighted by molar-refractivity contribution is 9.10. The Hall–Kier alpha value is -3.69. The summed E-state index contributed by atoms with van der Waals surface area (Å²) in [5.74, 6) is -0.303. The van der Waals surface area contributed by atoms with E-state index in [1.165, 1.54) is 15.5 Å². The van der Waals surface area contributed by atoms with Crippen LogP contribution >= 0.6 is 27.3 Å². The summed E-state index contributed by atoms with van der Waals surface area (Å²) >= 11 is 4.58. The van der Waals surface area contributed by atoms with Gasteiger partial charge in [-0.2, -0.15) is 9.50 Å². The molecule has 166 valence electrons. The van der Waals surface area contributed by atoms with Crippen molar-refractivity contribution < 1.29 is 9.18 Å². The zero-order valence-electron chi connectivity index (χ0n) is 17.4. The molecule has 0 aliphatic carbocycles. The molecule has 9 heteroatoms. The topological polar surface area (TPSA) is 67.6 Å². The smallest absolute Gasteiger partial charge is 0.291 e. The molecule has 0 bridgehead atoms. The number of carbonyl (C=O) groups is 1. The van der Waals surface area contributed by atoms with E-state index >= 15 is 0 Å². The molecule has 1 aliphatic rings. The first-order valence-electron chi connectivity index (χ1n) is 10.4. The quantitative estimate of drug-likeness (QED) is 0.349. The van der Waals surface area contributed by atoms with Crippen molar-refractivity contribution in [3.8, 4) is 11.4 Å². The predicted octanol–water partition coefficient (Wildman–Crippen LogP) is 4.18. The van der Waals surface area contributed by atoms with E-state index in [1.807, 2.05) is 36.4 Å². The van der Waals surface area contributed by atoms with E-state index in [-0.39, 0.29) is 28.4 Å². The average molecular weight is 533 g/mol. The van der Waals surface area contributed by atoms with Crippen LogP contribution in [-0.2, 0) is 11.3 Å². The molecule has 0 atom stereocenters. The van der Waals surface area contributed by atoms with Gasteiger partial charge in [0.2, 0.25) is 4.96 Å². The molecule has 6 rings (SSSR count). The van der Waals surface area contributed by atoms with Crippen molar-refractivity contribution in [2.45, 2.75) is 6.54 Å². The molecule has 6 nitrogen and oxygen atoms in total. The number of aromatic nitrogens is 3. The summed E-state index contributed by atoms with van der Waals surface area (Å²) in [5, 5.41) is 4.38. The summed E-state index contributed by atoms with van der Waals surface area (Å²) in [6, 6.07) is 21.1. The standard InChI is InChI=1S/C25H14BrFN4O2S/c26-16-10-11-19-17(12-16)20(23(32)30(19)13-15-8-4-5-9-18(15)27)21-24(33)31-25(34-21)28-22(29-31)14-6-2-1-3-7-14/h1-12H,13H2. The molecule has 0 saturated carbocycles. The molecule has 2 aromatic heterocycles. The van der Waals surface area contributed by atoms with Crippen molar-refractivity contribution in [3.05, 3.63) is 109 Å². The Morgan fingerprint density at radius 1 is 0.971 bits per heavy atom. The number of fused-ring (bicyclic) bond motifs is 2. The summed E-state index contributed by atoms with van der Waals surface area (Å²) in [6.07, 6.45) is 0. The predicted molar refractivity (Wildman–Crippen MR) is 132 cm³/mol. The van der Waals surface area contributed by atoms with E-state index in [2.05, 4.69) is 26.0 Å². The third-order valence-corrected chi connectivity index (χ3v) is 7.20. The summed E-state index contributed by atoms with van der Waals surface area (Å²) in [4.78, 5) is 33.3. The van der Waals surface area contributed by atoms with Crippen LogP contribution in [0.5, 0.6) is 0 Å². The van der Waals surface area contributed by atoms with Crippen molar-refractivity contribution in [2.24, 2.45) is 0 Å². The van der Waals surface area contributed by atoms with Gasteiger partial charge < -0.3 is 4.90 Å². The maximum Gasteiger partial charge on any atom is 0.291 e. The fourth-order valence-electron chi connectivity index (χ4n) is 4.07. The van der Waals surface area contributed by atoms with Crippen LogP contribution in [0.1, 0.15) is 11.1 Å². The lowest BCUT2D eigenvalue weighted by molar-refractivity contribution is -0.113. The highest BCUT2D eigenvalue weighted by atomic mass is 79.9. The first-order valence-corrected chi connectivity index (χ1v) is 12.0. The van der Waals surface area contributed by atoms with Gasteiger partial charge in [-0.25, -0.2) is 4.39 Å². The second-order valence-electron chi connectivity index (χ2n) is 7.75. The number of rotatable bonds is 3. The fraction of sp³-hybridized carbons (Fsp3) is 0.0400. The van der Waals surface area contributed by atoms with E-state index in [4.69, 9.17) is 0 Å². The first kappa shape index (κ1) is 20.9. The van der Waals surface area contributed by atoms with Gasteiger partial charge >= 0.3 is 0 Å². The van der Waals surface area contributed by atoms with Gasteiger partial charge in [0.1, 0.15) is 10.3 Å². The minimum absolute atomic E-state index is 0.0523. The van der Waals surface area contributed by atoms with E-state index in [0.717, 1.165) is 21.4 Å². The molecule has 3 heterocycles. The van der Waals surface area contributed by atoms with Gasteiger partial charge in [0.05, 0.1) is 17.8 Å². The van der Waals surface area contributed by atoms with Gasteiger partial charge in [0, 0.05) is 21.2 Å². The first-order chi connectivity index (χ1) is 16.5. The third kappa shape index (κ3) is 3.27. The molecular formula is C25H14BrFN4O2S. The fourth-order valence-corrected chi connectivity index (χ4v) is 5.43. The third-order valence-electron chi connectivity index (χ3n) is 5.68. The minimum atomic E-state index is -0.406. The van der Waals surface area contributed by atoms with E-state index in [1.54, 1.807) is 30.3 Å².